The van der Waals surface area contributed by atoms with Crippen molar-refractivity contribution < 1.29 is 23.9 Å². The first-order chi connectivity index (χ1) is 13.1. The second-order valence-corrected chi connectivity index (χ2v) is 9.28. The molecular weight excluding hydrogens is 348 g/mol. The Labute approximate surface area is 160 Å². The van der Waals surface area contributed by atoms with Gasteiger partial charge in [0.1, 0.15) is 18.0 Å². The number of nitrogens with zero attached hydrogens (tertiary/aromatic N) is 2. The molecule has 1 saturated carbocycles. The molecule has 0 aromatic carbocycles. The third-order valence-corrected chi connectivity index (χ3v) is 7.83. The lowest BCUT2D eigenvalue weighted by Gasteiger charge is -2.45. The first kappa shape index (κ1) is 17.3. The van der Waals surface area contributed by atoms with Crippen LogP contribution in [0.25, 0.3) is 0 Å². The number of hydroxylamine groups is 4. The van der Waals surface area contributed by atoms with Crippen LogP contribution in [-0.2, 0) is 23.9 Å². The first-order valence-electron chi connectivity index (χ1n) is 10.9. The van der Waals surface area contributed by atoms with E-state index in [0.717, 1.165) is 51.6 Å². The average molecular weight is 378 g/mol. The van der Waals surface area contributed by atoms with Crippen LogP contribution in [0.2, 0.25) is 0 Å². The summed E-state index contributed by atoms with van der Waals surface area (Å²) in [6.45, 7) is 5.87. The number of carbonyl (C=O) groups is 1. The van der Waals surface area contributed by atoms with Crippen LogP contribution < -0.4 is 0 Å². The zero-order chi connectivity index (χ0) is 18.3. The minimum atomic E-state index is -0.975. The van der Waals surface area contributed by atoms with Gasteiger partial charge in [-0.3, -0.25) is 14.5 Å². The van der Waals surface area contributed by atoms with E-state index in [1.165, 1.54) is 0 Å². The average Bonchev–Trinajstić information content (AvgIpc) is 3.33. The number of ketones is 1. The Hall–Kier alpha value is -0.570. The van der Waals surface area contributed by atoms with Gasteiger partial charge < -0.3 is 9.47 Å². The Morgan fingerprint density at radius 2 is 1.30 bits per heavy atom. The molecule has 0 bridgehead atoms. The minimum Gasteiger partial charge on any atom is -0.340 e. The number of hydrogen-bond acceptors (Lipinski definition) is 7. The highest BCUT2D eigenvalue weighted by Crippen LogP contribution is 2.56. The normalized spacial score (nSPS) is 55.4. The van der Waals surface area contributed by atoms with Gasteiger partial charge in [-0.05, 0) is 39.5 Å². The first-order valence-corrected chi connectivity index (χ1v) is 10.9. The fourth-order valence-corrected chi connectivity index (χ4v) is 6.45. The third kappa shape index (κ3) is 2.21. The number of piperidine rings is 2. The maximum absolute atomic E-state index is 13.8. The van der Waals surface area contributed by atoms with Crippen molar-refractivity contribution in [1.82, 2.24) is 10.1 Å². The molecule has 0 aromatic rings. The van der Waals surface area contributed by atoms with E-state index in [1.807, 2.05) is 13.8 Å². The van der Waals surface area contributed by atoms with Gasteiger partial charge in [0.2, 0.25) is 5.79 Å². The van der Waals surface area contributed by atoms with Gasteiger partial charge >= 0.3 is 0 Å². The summed E-state index contributed by atoms with van der Waals surface area (Å²) in [4.78, 5) is 26.6. The summed E-state index contributed by atoms with van der Waals surface area (Å²) in [7, 11) is 0. The number of rotatable bonds is 0. The summed E-state index contributed by atoms with van der Waals surface area (Å²) in [5.74, 6) is -1.00. The van der Waals surface area contributed by atoms with Crippen molar-refractivity contribution in [3.63, 3.8) is 0 Å². The van der Waals surface area contributed by atoms with Crippen molar-refractivity contribution in [2.24, 2.45) is 11.8 Å². The van der Waals surface area contributed by atoms with Crippen LogP contribution in [-0.4, -0.2) is 71.3 Å². The van der Waals surface area contributed by atoms with Crippen LogP contribution in [0.5, 0.6) is 0 Å². The van der Waals surface area contributed by atoms with E-state index >= 15 is 0 Å². The number of ether oxygens (including phenoxy) is 2. The van der Waals surface area contributed by atoms with Gasteiger partial charge in [-0.25, -0.2) is 0 Å². The van der Waals surface area contributed by atoms with Gasteiger partial charge in [-0.2, -0.15) is 10.1 Å². The van der Waals surface area contributed by atoms with Gasteiger partial charge in [-0.15, -0.1) is 0 Å². The standard InChI is InChI=1S/C20H30N2O5/c1-11-12(2)25-20(24-11)18-15(13-7-3-5-9-21(13)26-18)17(23)16-14-8-4-6-10-22(14)27-19(16)20/h11-16,18-19H,3-10H2,1-2H3. The molecule has 6 aliphatic rings. The molecule has 5 heterocycles. The zero-order valence-electron chi connectivity index (χ0n) is 16.2. The fourth-order valence-electron chi connectivity index (χ4n) is 6.45. The van der Waals surface area contributed by atoms with Crippen LogP contribution in [0.4, 0.5) is 0 Å². The monoisotopic (exact) mass is 378 g/mol. The van der Waals surface area contributed by atoms with Crippen LogP contribution in [0, 0.1) is 11.8 Å². The third-order valence-electron chi connectivity index (χ3n) is 7.83. The largest absolute Gasteiger partial charge is 0.340 e. The molecule has 1 aliphatic carbocycles. The molecule has 6 fully saturated rings. The van der Waals surface area contributed by atoms with E-state index in [1.54, 1.807) is 0 Å². The van der Waals surface area contributed by atoms with Crippen molar-refractivity contribution in [1.29, 1.82) is 0 Å². The summed E-state index contributed by atoms with van der Waals surface area (Å²) in [6.07, 6.45) is 5.69. The molecule has 1 spiro atoms. The van der Waals surface area contributed by atoms with Crippen molar-refractivity contribution in [3.05, 3.63) is 0 Å². The summed E-state index contributed by atoms with van der Waals surface area (Å²) in [6, 6.07) is 0.315. The predicted octanol–water partition coefficient (Wildman–Crippen LogP) is 1.66. The van der Waals surface area contributed by atoms with Crippen molar-refractivity contribution in [2.75, 3.05) is 13.1 Å². The van der Waals surface area contributed by atoms with Crippen LogP contribution >= 0.6 is 0 Å². The highest BCUT2D eigenvalue weighted by Gasteiger charge is 2.74. The van der Waals surface area contributed by atoms with E-state index < -0.39 is 18.0 Å². The van der Waals surface area contributed by atoms with Crippen LogP contribution in [0.1, 0.15) is 52.4 Å². The van der Waals surface area contributed by atoms with Crippen LogP contribution in [0.15, 0.2) is 0 Å². The lowest BCUT2D eigenvalue weighted by Crippen LogP contribution is -2.66. The topological polar surface area (TPSA) is 60.5 Å². The molecule has 6 rings (SSSR count). The molecule has 8 unspecified atom stereocenters. The molecule has 0 aromatic heterocycles. The second kappa shape index (κ2) is 5.97. The highest BCUT2D eigenvalue weighted by atomic mass is 16.8. The Balaban J connectivity index is 1.45. The highest BCUT2D eigenvalue weighted by molar-refractivity contribution is 5.88. The SMILES string of the molecule is CC1OC2(OC1C)C1ON3CCCCC3C1C(=O)C1C3CCCCN3OC12. The van der Waals surface area contributed by atoms with Crippen LogP contribution in [0.3, 0.4) is 0 Å². The number of Topliss-reactive ketones (excluding diaryl/α,β-unsaturated/α-hetero) is 1. The summed E-state index contributed by atoms with van der Waals surface area (Å²) >= 11 is 0. The molecule has 5 aliphatic heterocycles. The molecule has 27 heavy (non-hydrogen) atoms. The van der Waals surface area contributed by atoms with E-state index in [4.69, 9.17) is 19.1 Å². The molecular formula is C20H30N2O5. The Morgan fingerprint density at radius 3 is 1.78 bits per heavy atom. The van der Waals surface area contributed by atoms with Gasteiger partial charge in [-0.1, -0.05) is 12.8 Å². The smallest absolute Gasteiger partial charge is 0.228 e. The van der Waals surface area contributed by atoms with E-state index in [2.05, 4.69) is 10.1 Å². The number of fused-ring (bicyclic) bond motifs is 8. The summed E-state index contributed by atoms with van der Waals surface area (Å²) in [5.41, 5.74) is 0. The molecule has 7 heteroatoms. The molecule has 0 radical (unpaired) electrons. The fraction of sp³-hybridized carbons (Fsp3) is 0.950. The lowest BCUT2D eigenvalue weighted by molar-refractivity contribution is -0.346. The molecule has 5 saturated heterocycles. The van der Waals surface area contributed by atoms with Crippen molar-refractivity contribution in [2.45, 2.75) is 94.7 Å². The zero-order valence-corrected chi connectivity index (χ0v) is 16.2. The summed E-state index contributed by atoms with van der Waals surface area (Å²) in [5, 5.41) is 4.11. The van der Waals surface area contributed by atoms with Crippen molar-refractivity contribution >= 4 is 5.78 Å². The molecule has 150 valence electrons. The number of hydrogen-bond donors (Lipinski definition) is 0. The van der Waals surface area contributed by atoms with Gasteiger partial charge in [0.25, 0.3) is 0 Å². The predicted molar refractivity (Wildman–Crippen MR) is 94.2 cm³/mol. The Kier molecular flexibility index (Phi) is 3.82. The number of carbonyl (C=O) groups excluding carboxylic acids is 1. The maximum Gasteiger partial charge on any atom is 0.228 e. The maximum atomic E-state index is 13.8. The minimum absolute atomic E-state index is 0.0399. The molecule has 0 amide bonds. The second-order valence-electron chi connectivity index (χ2n) is 9.28. The lowest BCUT2D eigenvalue weighted by atomic mass is 9.66. The van der Waals surface area contributed by atoms with Gasteiger partial charge in [0, 0.05) is 25.2 Å². The van der Waals surface area contributed by atoms with E-state index in [9.17, 15) is 4.79 Å². The van der Waals surface area contributed by atoms with Gasteiger partial charge in [0.05, 0.1) is 24.0 Å². The molecule has 7 nitrogen and oxygen atoms in total. The van der Waals surface area contributed by atoms with E-state index in [-0.39, 0.29) is 36.1 Å². The quantitative estimate of drug-likeness (QED) is 0.635. The van der Waals surface area contributed by atoms with Gasteiger partial charge in [0.15, 0.2) is 0 Å². The summed E-state index contributed by atoms with van der Waals surface area (Å²) < 4.78 is 13.0. The molecule has 0 N–H and O–H groups in total. The molecule has 8 atom stereocenters. The Morgan fingerprint density at radius 1 is 0.815 bits per heavy atom. The Bertz CT molecular complexity index is 592. The van der Waals surface area contributed by atoms with E-state index in [0.29, 0.717) is 5.78 Å². The van der Waals surface area contributed by atoms with Crippen molar-refractivity contribution in [3.8, 4) is 0 Å².